The Morgan fingerprint density at radius 2 is 2.10 bits per heavy atom. The number of hydrogen-bond acceptors (Lipinski definition) is 3. The van der Waals surface area contributed by atoms with Crippen LogP contribution in [0.1, 0.15) is 13.3 Å². The second-order valence-corrected chi connectivity index (χ2v) is 2.02. The second-order valence-electron chi connectivity index (χ2n) is 2.02. The number of ether oxygens (including phenoxy) is 1. The molecule has 0 saturated heterocycles. The molecule has 0 rings (SSSR count). The average Bonchev–Trinajstić information content (AvgIpc) is 1.87. The summed E-state index contributed by atoms with van der Waals surface area (Å²) in [4.78, 5) is 20.6. The van der Waals surface area contributed by atoms with Gasteiger partial charge < -0.3 is 9.84 Å². The third-order valence-electron chi connectivity index (χ3n) is 1.12. The number of aliphatic carboxylic acids is 1. The van der Waals surface area contributed by atoms with Gasteiger partial charge in [-0.15, -0.1) is 0 Å². The molecule has 0 saturated carbocycles. The molecule has 10 heavy (non-hydrogen) atoms. The summed E-state index contributed by atoms with van der Waals surface area (Å²) >= 11 is 0. The first kappa shape index (κ1) is 8.94. The largest absolute Gasteiger partial charge is 0.481 e. The first-order chi connectivity index (χ1) is 4.57. The van der Waals surface area contributed by atoms with Crippen molar-refractivity contribution in [3.05, 3.63) is 0 Å². The van der Waals surface area contributed by atoms with E-state index in [-0.39, 0.29) is 6.42 Å². The molecule has 0 aliphatic carbocycles. The highest BCUT2D eigenvalue weighted by Crippen LogP contribution is 2.01. The van der Waals surface area contributed by atoms with E-state index in [2.05, 4.69) is 4.74 Å². The summed E-state index contributed by atoms with van der Waals surface area (Å²) < 4.78 is 4.27. The van der Waals surface area contributed by atoms with E-state index in [1.54, 1.807) is 0 Å². The molecule has 0 fully saturated rings. The van der Waals surface area contributed by atoms with Gasteiger partial charge in [-0.2, -0.15) is 0 Å². The number of carboxylic acids is 1. The van der Waals surface area contributed by atoms with Crippen LogP contribution in [0.15, 0.2) is 0 Å². The third-order valence-corrected chi connectivity index (χ3v) is 1.12. The SMILES string of the molecule is COC(=O)C[C@H](C)C(=O)O. The van der Waals surface area contributed by atoms with E-state index in [9.17, 15) is 9.59 Å². The molecule has 4 nitrogen and oxygen atoms in total. The van der Waals surface area contributed by atoms with E-state index in [1.807, 2.05) is 0 Å². The molecular formula is C6H10O4. The fourth-order valence-electron chi connectivity index (χ4n) is 0.421. The van der Waals surface area contributed by atoms with Crippen LogP contribution in [-0.4, -0.2) is 24.2 Å². The van der Waals surface area contributed by atoms with Crippen LogP contribution in [0.3, 0.4) is 0 Å². The number of carboxylic acid groups (broad SMARTS) is 1. The third kappa shape index (κ3) is 3.06. The van der Waals surface area contributed by atoms with E-state index < -0.39 is 17.9 Å². The highest BCUT2D eigenvalue weighted by Gasteiger charge is 2.15. The zero-order valence-electron chi connectivity index (χ0n) is 5.96. The standard InChI is InChI=1S/C6H10O4/c1-4(6(8)9)3-5(7)10-2/h4H,3H2,1-2H3,(H,8,9)/t4-/m0/s1. The van der Waals surface area contributed by atoms with E-state index in [4.69, 9.17) is 5.11 Å². The van der Waals surface area contributed by atoms with Crippen LogP contribution >= 0.6 is 0 Å². The highest BCUT2D eigenvalue weighted by molar-refractivity contribution is 5.78. The monoisotopic (exact) mass is 146 g/mol. The second kappa shape index (κ2) is 3.87. The maximum atomic E-state index is 10.4. The zero-order valence-corrected chi connectivity index (χ0v) is 5.96. The fraction of sp³-hybridized carbons (Fsp3) is 0.667. The van der Waals surface area contributed by atoms with Crippen LogP contribution < -0.4 is 0 Å². The Kier molecular flexibility index (Phi) is 3.46. The molecule has 0 unspecified atom stereocenters. The Bertz CT molecular complexity index is 141. The van der Waals surface area contributed by atoms with Gasteiger partial charge in [0, 0.05) is 0 Å². The minimum atomic E-state index is -0.981. The summed E-state index contributed by atoms with van der Waals surface area (Å²) in [5.74, 6) is -2.13. The maximum Gasteiger partial charge on any atom is 0.306 e. The summed E-state index contributed by atoms with van der Waals surface area (Å²) in [6.45, 7) is 1.46. The number of rotatable bonds is 3. The normalized spacial score (nSPS) is 12.2. The van der Waals surface area contributed by atoms with E-state index in [1.165, 1.54) is 14.0 Å². The Labute approximate surface area is 58.8 Å². The molecule has 0 aromatic carbocycles. The number of methoxy groups -OCH3 is 1. The molecule has 0 bridgehead atoms. The van der Waals surface area contributed by atoms with Crippen molar-refractivity contribution in [3.63, 3.8) is 0 Å². The smallest absolute Gasteiger partial charge is 0.306 e. The molecule has 0 spiro atoms. The van der Waals surface area contributed by atoms with Crippen LogP contribution in [-0.2, 0) is 14.3 Å². The fourth-order valence-corrected chi connectivity index (χ4v) is 0.421. The summed E-state index contributed by atoms with van der Waals surface area (Å²) in [7, 11) is 1.23. The number of hydrogen-bond donors (Lipinski definition) is 1. The minimum absolute atomic E-state index is 0.0637. The summed E-state index contributed by atoms with van der Waals surface area (Å²) in [6, 6.07) is 0. The lowest BCUT2D eigenvalue weighted by Crippen LogP contribution is -2.15. The van der Waals surface area contributed by atoms with Gasteiger partial charge in [-0.25, -0.2) is 0 Å². The Balaban J connectivity index is 3.68. The van der Waals surface area contributed by atoms with Crippen molar-refractivity contribution in [2.45, 2.75) is 13.3 Å². The van der Waals surface area contributed by atoms with Crippen molar-refractivity contribution < 1.29 is 19.4 Å². The number of carbonyl (C=O) groups is 2. The van der Waals surface area contributed by atoms with Crippen molar-refractivity contribution in [1.82, 2.24) is 0 Å². The van der Waals surface area contributed by atoms with Crippen molar-refractivity contribution in [2.75, 3.05) is 7.11 Å². The summed E-state index contributed by atoms with van der Waals surface area (Å²) in [5.41, 5.74) is 0. The molecule has 0 aromatic heterocycles. The Hall–Kier alpha value is -1.06. The lowest BCUT2D eigenvalue weighted by atomic mass is 10.1. The van der Waals surface area contributed by atoms with Crippen molar-refractivity contribution in [2.24, 2.45) is 5.92 Å². The first-order valence-corrected chi connectivity index (χ1v) is 2.87. The summed E-state index contributed by atoms with van der Waals surface area (Å²) in [5, 5.41) is 8.32. The van der Waals surface area contributed by atoms with E-state index in [0.717, 1.165) is 0 Å². The van der Waals surface area contributed by atoms with Gasteiger partial charge in [0.2, 0.25) is 0 Å². The molecule has 0 amide bonds. The van der Waals surface area contributed by atoms with Crippen LogP contribution in [0.4, 0.5) is 0 Å². The predicted molar refractivity (Wildman–Crippen MR) is 33.4 cm³/mol. The molecule has 1 atom stereocenters. The van der Waals surface area contributed by atoms with E-state index >= 15 is 0 Å². The van der Waals surface area contributed by atoms with Crippen LogP contribution in [0.2, 0.25) is 0 Å². The topological polar surface area (TPSA) is 63.6 Å². The van der Waals surface area contributed by atoms with Gasteiger partial charge in [0.1, 0.15) is 0 Å². The molecular weight excluding hydrogens is 136 g/mol. The van der Waals surface area contributed by atoms with Gasteiger partial charge in [-0.3, -0.25) is 9.59 Å². The summed E-state index contributed by atoms with van der Waals surface area (Å²) in [6.07, 6.45) is -0.0637. The molecule has 0 aliphatic rings. The van der Waals surface area contributed by atoms with Crippen molar-refractivity contribution in [1.29, 1.82) is 0 Å². The molecule has 0 aromatic rings. The van der Waals surface area contributed by atoms with E-state index in [0.29, 0.717) is 0 Å². The molecule has 0 heterocycles. The van der Waals surface area contributed by atoms with Gasteiger partial charge in [0.25, 0.3) is 0 Å². The van der Waals surface area contributed by atoms with Gasteiger partial charge in [-0.1, -0.05) is 6.92 Å². The van der Waals surface area contributed by atoms with Crippen LogP contribution in [0.5, 0.6) is 0 Å². The van der Waals surface area contributed by atoms with Crippen molar-refractivity contribution >= 4 is 11.9 Å². The van der Waals surface area contributed by atoms with Gasteiger partial charge in [-0.05, 0) is 0 Å². The lowest BCUT2D eigenvalue weighted by Gasteiger charge is -2.02. The van der Waals surface area contributed by atoms with Crippen molar-refractivity contribution in [3.8, 4) is 0 Å². The zero-order chi connectivity index (χ0) is 8.15. The molecule has 1 N–H and O–H groups in total. The van der Waals surface area contributed by atoms with Gasteiger partial charge in [0.05, 0.1) is 19.4 Å². The van der Waals surface area contributed by atoms with Gasteiger partial charge >= 0.3 is 11.9 Å². The number of carbonyl (C=O) groups excluding carboxylic acids is 1. The molecule has 0 radical (unpaired) electrons. The average molecular weight is 146 g/mol. The number of esters is 1. The lowest BCUT2D eigenvalue weighted by molar-refractivity contribution is -0.149. The maximum absolute atomic E-state index is 10.4. The highest BCUT2D eigenvalue weighted by atomic mass is 16.5. The van der Waals surface area contributed by atoms with Gasteiger partial charge in [0.15, 0.2) is 0 Å². The molecule has 0 aliphatic heterocycles. The first-order valence-electron chi connectivity index (χ1n) is 2.87. The minimum Gasteiger partial charge on any atom is -0.481 e. The quantitative estimate of drug-likeness (QED) is 0.580. The van der Waals surface area contributed by atoms with Crippen LogP contribution in [0.25, 0.3) is 0 Å². The Morgan fingerprint density at radius 1 is 1.60 bits per heavy atom. The predicted octanol–water partition coefficient (Wildman–Crippen LogP) is 0.270. The molecule has 4 heteroatoms. The Morgan fingerprint density at radius 3 is 2.40 bits per heavy atom. The van der Waals surface area contributed by atoms with Crippen LogP contribution in [0, 0.1) is 5.92 Å². The molecule has 58 valence electrons.